The summed E-state index contributed by atoms with van der Waals surface area (Å²) in [6.07, 6.45) is -0.151. The highest BCUT2D eigenvalue weighted by molar-refractivity contribution is 5.82. The van der Waals surface area contributed by atoms with Crippen LogP contribution in [-0.2, 0) is 20.9 Å². The first-order valence-corrected chi connectivity index (χ1v) is 9.68. The van der Waals surface area contributed by atoms with Crippen molar-refractivity contribution < 1.29 is 23.5 Å². The lowest BCUT2D eigenvalue weighted by Crippen LogP contribution is -2.44. The maximum atomic E-state index is 13.3. The van der Waals surface area contributed by atoms with E-state index in [1.807, 2.05) is 30.3 Å². The molecule has 0 saturated carbocycles. The van der Waals surface area contributed by atoms with E-state index in [-0.39, 0.29) is 18.3 Å². The van der Waals surface area contributed by atoms with Gasteiger partial charge in [0.2, 0.25) is 0 Å². The van der Waals surface area contributed by atoms with Gasteiger partial charge in [-0.25, -0.2) is 14.0 Å². The molecule has 5 nitrogen and oxygen atoms in total. The first kappa shape index (κ1) is 20.8. The van der Waals surface area contributed by atoms with E-state index in [1.165, 1.54) is 17.0 Å². The molecule has 1 heterocycles. The molecule has 1 fully saturated rings. The highest BCUT2D eigenvalue weighted by Crippen LogP contribution is 2.33. The molecule has 0 unspecified atom stereocenters. The summed E-state index contributed by atoms with van der Waals surface area (Å²) in [6, 6.07) is 14.8. The number of carbonyl (C=O) groups excluding carboxylic acids is 2. The molecule has 1 saturated heterocycles. The van der Waals surface area contributed by atoms with E-state index in [0.29, 0.717) is 13.0 Å². The molecule has 0 aliphatic carbocycles. The van der Waals surface area contributed by atoms with E-state index in [9.17, 15) is 14.0 Å². The average Bonchev–Trinajstić information content (AvgIpc) is 3.12. The van der Waals surface area contributed by atoms with Gasteiger partial charge in [-0.3, -0.25) is 4.90 Å². The van der Waals surface area contributed by atoms with Crippen LogP contribution >= 0.6 is 0 Å². The third-order valence-electron chi connectivity index (χ3n) is 4.77. The third-order valence-corrected chi connectivity index (χ3v) is 4.77. The van der Waals surface area contributed by atoms with Crippen LogP contribution in [0.15, 0.2) is 54.6 Å². The van der Waals surface area contributed by atoms with Crippen LogP contribution in [0.25, 0.3) is 0 Å². The fourth-order valence-corrected chi connectivity index (χ4v) is 3.38. The molecule has 154 valence electrons. The SMILES string of the molecule is CC(C)(C)OC(=O)N1C[C@@H](c2ccc(F)cc2)C[C@H]1C(=O)OCc1ccccc1. The van der Waals surface area contributed by atoms with Crippen molar-refractivity contribution in [3.63, 3.8) is 0 Å². The van der Waals surface area contributed by atoms with E-state index in [2.05, 4.69) is 0 Å². The summed E-state index contributed by atoms with van der Waals surface area (Å²) in [5.41, 5.74) is 1.07. The molecule has 0 spiro atoms. The number of esters is 1. The first-order valence-electron chi connectivity index (χ1n) is 9.68. The number of rotatable bonds is 4. The second kappa shape index (κ2) is 8.64. The van der Waals surface area contributed by atoms with Crippen LogP contribution in [-0.4, -0.2) is 35.2 Å². The van der Waals surface area contributed by atoms with Crippen LogP contribution in [0.5, 0.6) is 0 Å². The van der Waals surface area contributed by atoms with Gasteiger partial charge in [0.1, 0.15) is 24.1 Å². The smallest absolute Gasteiger partial charge is 0.411 e. The lowest BCUT2D eigenvalue weighted by molar-refractivity contribution is -0.150. The fourth-order valence-electron chi connectivity index (χ4n) is 3.38. The lowest BCUT2D eigenvalue weighted by atomic mass is 9.96. The molecule has 0 radical (unpaired) electrons. The lowest BCUT2D eigenvalue weighted by Gasteiger charge is -2.27. The van der Waals surface area contributed by atoms with E-state index in [4.69, 9.17) is 9.47 Å². The van der Waals surface area contributed by atoms with Gasteiger partial charge in [-0.2, -0.15) is 0 Å². The number of carbonyl (C=O) groups is 2. The average molecular weight is 399 g/mol. The highest BCUT2D eigenvalue weighted by atomic mass is 19.1. The van der Waals surface area contributed by atoms with Gasteiger partial charge in [0.15, 0.2) is 0 Å². The van der Waals surface area contributed by atoms with Crippen molar-refractivity contribution in [1.29, 1.82) is 0 Å². The number of halogens is 1. The molecule has 1 amide bonds. The number of amides is 1. The number of nitrogens with zero attached hydrogens (tertiary/aromatic N) is 1. The van der Waals surface area contributed by atoms with Crippen LogP contribution in [0, 0.1) is 5.82 Å². The van der Waals surface area contributed by atoms with Gasteiger partial charge in [-0.05, 0) is 50.5 Å². The molecule has 0 bridgehead atoms. The predicted octanol–water partition coefficient (Wildman–Crippen LogP) is 4.66. The van der Waals surface area contributed by atoms with Crippen molar-refractivity contribution in [3.05, 3.63) is 71.5 Å². The van der Waals surface area contributed by atoms with E-state index >= 15 is 0 Å². The first-order chi connectivity index (χ1) is 13.7. The van der Waals surface area contributed by atoms with Crippen molar-refractivity contribution in [3.8, 4) is 0 Å². The second-order valence-corrected chi connectivity index (χ2v) is 8.23. The van der Waals surface area contributed by atoms with E-state index in [0.717, 1.165) is 11.1 Å². The Kier molecular flexibility index (Phi) is 6.20. The van der Waals surface area contributed by atoms with Crippen LogP contribution in [0.3, 0.4) is 0 Å². The summed E-state index contributed by atoms with van der Waals surface area (Å²) in [4.78, 5) is 26.9. The second-order valence-electron chi connectivity index (χ2n) is 8.23. The van der Waals surface area contributed by atoms with Crippen LogP contribution < -0.4 is 0 Å². The molecular weight excluding hydrogens is 373 g/mol. The zero-order chi connectivity index (χ0) is 21.0. The Hall–Kier alpha value is -2.89. The van der Waals surface area contributed by atoms with Crippen molar-refractivity contribution in [1.82, 2.24) is 4.90 Å². The Balaban J connectivity index is 1.75. The molecular formula is C23H26FNO4. The van der Waals surface area contributed by atoms with Crippen molar-refractivity contribution in [2.75, 3.05) is 6.54 Å². The van der Waals surface area contributed by atoms with Crippen molar-refractivity contribution in [2.45, 2.75) is 51.4 Å². The highest BCUT2D eigenvalue weighted by Gasteiger charge is 2.42. The van der Waals surface area contributed by atoms with Crippen LogP contribution in [0.1, 0.15) is 44.2 Å². The zero-order valence-electron chi connectivity index (χ0n) is 16.9. The number of hydrogen-bond acceptors (Lipinski definition) is 4. The predicted molar refractivity (Wildman–Crippen MR) is 107 cm³/mol. The summed E-state index contributed by atoms with van der Waals surface area (Å²) in [5.74, 6) is -0.892. The van der Waals surface area contributed by atoms with Crippen LogP contribution in [0.2, 0.25) is 0 Å². The molecule has 0 aromatic heterocycles. The normalized spacial score (nSPS) is 19.1. The Morgan fingerprint density at radius 2 is 1.72 bits per heavy atom. The molecule has 3 rings (SSSR count). The molecule has 6 heteroatoms. The van der Waals surface area contributed by atoms with Gasteiger partial charge in [-0.15, -0.1) is 0 Å². The minimum Gasteiger partial charge on any atom is -0.459 e. The van der Waals surface area contributed by atoms with Crippen molar-refractivity contribution >= 4 is 12.1 Å². The summed E-state index contributed by atoms with van der Waals surface area (Å²) in [7, 11) is 0. The van der Waals surface area contributed by atoms with Gasteiger partial charge in [0.05, 0.1) is 0 Å². The Morgan fingerprint density at radius 1 is 1.07 bits per heavy atom. The summed E-state index contributed by atoms with van der Waals surface area (Å²) in [5, 5.41) is 0. The Morgan fingerprint density at radius 3 is 2.34 bits per heavy atom. The van der Waals surface area contributed by atoms with Crippen LogP contribution in [0.4, 0.5) is 9.18 Å². The summed E-state index contributed by atoms with van der Waals surface area (Å²) in [6.45, 7) is 5.79. The zero-order valence-corrected chi connectivity index (χ0v) is 16.9. The minimum absolute atomic E-state index is 0.0996. The van der Waals surface area contributed by atoms with Gasteiger partial charge in [0.25, 0.3) is 0 Å². The Bertz CT molecular complexity index is 845. The maximum absolute atomic E-state index is 13.3. The van der Waals surface area contributed by atoms with Gasteiger partial charge >= 0.3 is 12.1 Å². The monoisotopic (exact) mass is 399 g/mol. The minimum atomic E-state index is -0.747. The molecule has 29 heavy (non-hydrogen) atoms. The molecule has 2 aromatic rings. The molecule has 2 aromatic carbocycles. The molecule has 1 aliphatic rings. The van der Waals surface area contributed by atoms with E-state index < -0.39 is 23.7 Å². The van der Waals surface area contributed by atoms with Gasteiger partial charge < -0.3 is 9.47 Å². The summed E-state index contributed by atoms with van der Waals surface area (Å²) < 4.78 is 24.2. The number of ether oxygens (including phenoxy) is 2. The summed E-state index contributed by atoms with van der Waals surface area (Å²) >= 11 is 0. The largest absolute Gasteiger partial charge is 0.459 e. The quantitative estimate of drug-likeness (QED) is 0.702. The number of benzene rings is 2. The topological polar surface area (TPSA) is 55.8 Å². The number of likely N-dealkylation sites (tertiary alicyclic amines) is 1. The number of hydrogen-bond donors (Lipinski definition) is 0. The van der Waals surface area contributed by atoms with E-state index in [1.54, 1.807) is 32.9 Å². The van der Waals surface area contributed by atoms with Gasteiger partial charge in [0, 0.05) is 12.5 Å². The van der Waals surface area contributed by atoms with Gasteiger partial charge in [-0.1, -0.05) is 42.5 Å². The molecule has 0 N–H and O–H groups in total. The third kappa shape index (κ3) is 5.56. The standard InChI is InChI=1S/C23H26FNO4/c1-23(2,3)29-22(27)25-14-18(17-9-11-19(24)12-10-17)13-20(25)21(26)28-15-16-7-5-4-6-8-16/h4-12,18,20H,13-15H2,1-3H3/t18-,20-/m0/s1. The molecule has 2 atom stereocenters. The Labute approximate surface area is 170 Å². The maximum Gasteiger partial charge on any atom is 0.411 e. The fraction of sp³-hybridized carbons (Fsp3) is 0.391. The van der Waals surface area contributed by atoms with Crippen molar-refractivity contribution in [2.24, 2.45) is 0 Å². The molecule has 1 aliphatic heterocycles.